The fourth-order valence-electron chi connectivity index (χ4n) is 3.75. The zero-order valence-corrected chi connectivity index (χ0v) is 19.1. The van der Waals surface area contributed by atoms with Crippen LogP contribution in [-0.2, 0) is 4.79 Å². The highest BCUT2D eigenvalue weighted by molar-refractivity contribution is 5.72. The summed E-state index contributed by atoms with van der Waals surface area (Å²) in [7, 11) is 0. The summed E-state index contributed by atoms with van der Waals surface area (Å²) in [6.45, 7) is 13.5. The van der Waals surface area contributed by atoms with E-state index in [0.717, 1.165) is 35.8 Å². The van der Waals surface area contributed by atoms with Gasteiger partial charge in [-0.15, -0.1) is 0 Å². The van der Waals surface area contributed by atoms with Crippen LogP contribution in [0.2, 0.25) is 0 Å². The Labute approximate surface area is 176 Å². The minimum atomic E-state index is -1.27. The van der Waals surface area contributed by atoms with Gasteiger partial charge in [-0.25, -0.2) is 0 Å². The van der Waals surface area contributed by atoms with Gasteiger partial charge in [-0.2, -0.15) is 0 Å². The van der Waals surface area contributed by atoms with E-state index in [4.69, 9.17) is 0 Å². The number of hydrogen-bond donors (Lipinski definition) is 2. The van der Waals surface area contributed by atoms with E-state index in [1.165, 1.54) is 0 Å². The van der Waals surface area contributed by atoms with Gasteiger partial charge in [0.2, 0.25) is 0 Å². The van der Waals surface area contributed by atoms with Crippen LogP contribution in [0.1, 0.15) is 67.7 Å². The first-order valence-corrected chi connectivity index (χ1v) is 10.3. The third kappa shape index (κ3) is 6.52. The average Bonchev–Trinajstić information content (AvgIpc) is 2.63. The Morgan fingerprint density at radius 2 is 1.38 bits per heavy atom. The van der Waals surface area contributed by atoms with Gasteiger partial charge in [0.15, 0.2) is 0 Å². The molecule has 0 heterocycles. The van der Waals surface area contributed by atoms with Gasteiger partial charge in [0, 0.05) is 0 Å². The minimum absolute atomic E-state index is 0.394. The molecule has 0 amide bonds. The lowest BCUT2D eigenvalue weighted by atomic mass is 9.58. The van der Waals surface area contributed by atoms with Crippen molar-refractivity contribution >= 4 is 6.29 Å². The van der Waals surface area contributed by atoms with Crippen molar-refractivity contribution < 1.29 is 15.0 Å². The number of carbonyl (C=O) groups excluding carboxylic acids is 1. The lowest BCUT2D eigenvalue weighted by Crippen LogP contribution is -2.62. The number of rotatable bonds is 7. The van der Waals surface area contributed by atoms with Gasteiger partial charge < -0.3 is 10.2 Å². The van der Waals surface area contributed by atoms with Gasteiger partial charge in [0.05, 0.1) is 5.60 Å². The molecule has 0 aromatic heterocycles. The molecule has 2 atom stereocenters. The molecule has 1 aliphatic carbocycles. The summed E-state index contributed by atoms with van der Waals surface area (Å²) in [6, 6.07) is 0. The van der Waals surface area contributed by atoms with Crippen molar-refractivity contribution in [2.75, 3.05) is 0 Å². The summed E-state index contributed by atoms with van der Waals surface area (Å²) in [5, 5.41) is 22.3. The molecule has 1 aliphatic rings. The molecule has 1 saturated carbocycles. The predicted molar refractivity (Wildman–Crippen MR) is 123 cm³/mol. The standard InChI is InChI=1S/C26H38O3/c1-20(12-8-9-13-21(2)19-27)14-10-15-22(3)23(4)18-26(29)24(5,6)16-11-17-25(26,7)28/h8-10,12-15,18-19,28-29H,11,16-17H2,1-7H3/b9-8+,14-10+,20-12+,21-13+,22-15+,23-18+. The van der Waals surface area contributed by atoms with Crippen LogP contribution in [-0.4, -0.2) is 27.7 Å². The number of aldehydes is 1. The molecule has 2 unspecified atom stereocenters. The summed E-state index contributed by atoms with van der Waals surface area (Å²) in [5.74, 6) is 0. The monoisotopic (exact) mass is 398 g/mol. The number of hydrogen-bond acceptors (Lipinski definition) is 3. The molecule has 0 aromatic carbocycles. The van der Waals surface area contributed by atoms with E-state index in [1.807, 2.05) is 77.2 Å². The molecule has 0 aliphatic heterocycles. The highest BCUT2D eigenvalue weighted by Gasteiger charge is 2.56. The van der Waals surface area contributed by atoms with E-state index in [9.17, 15) is 15.0 Å². The molecule has 3 heteroatoms. The maximum absolute atomic E-state index is 11.4. The second-order valence-corrected chi connectivity index (χ2v) is 9.14. The number of carbonyl (C=O) groups is 1. The van der Waals surface area contributed by atoms with Crippen molar-refractivity contribution in [2.24, 2.45) is 5.41 Å². The van der Waals surface area contributed by atoms with Crippen LogP contribution in [0, 0.1) is 5.41 Å². The number of allylic oxidation sites excluding steroid dienone is 11. The highest BCUT2D eigenvalue weighted by atomic mass is 16.4. The molecule has 3 nitrogen and oxygen atoms in total. The Hall–Kier alpha value is -1.97. The first kappa shape index (κ1) is 25.1. The Morgan fingerprint density at radius 1 is 0.793 bits per heavy atom. The highest BCUT2D eigenvalue weighted by Crippen LogP contribution is 2.50. The maximum atomic E-state index is 11.4. The van der Waals surface area contributed by atoms with E-state index in [0.29, 0.717) is 12.0 Å². The zero-order chi connectivity index (χ0) is 22.3. The van der Waals surface area contributed by atoms with Crippen LogP contribution in [0.25, 0.3) is 0 Å². The summed E-state index contributed by atoms with van der Waals surface area (Å²) in [6.07, 6.45) is 18.5. The summed E-state index contributed by atoms with van der Waals surface area (Å²) in [5.41, 5.74) is 0.963. The van der Waals surface area contributed by atoms with Gasteiger partial charge in [0.1, 0.15) is 11.9 Å². The predicted octanol–water partition coefficient (Wildman–Crippen LogP) is 5.78. The van der Waals surface area contributed by atoms with Crippen molar-refractivity contribution in [3.63, 3.8) is 0 Å². The smallest absolute Gasteiger partial charge is 0.145 e. The summed E-state index contributed by atoms with van der Waals surface area (Å²) >= 11 is 0. The Bertz CT molecular complexity index is 752. The van der Waals surface area contributed by atoms with Crippen molar-refractivity contribution in [2.45, 2.75) is 78.9 Å². The Kier molecular flexibility index (Phi) is 8.80. The van der Waals surface area contributed by atoms with Gasteiger partial charge >= 0.3 is 0 Å². The second kappa shape index (κ2) is 10.2. The molecule has 29 heavy (non-hydrogen) atoms. The van der Waals surface area contributed by atoms with Crippen LogP contribution in [0.5, 0.6) is 0 Å². The Morgan fingerprint density at radius 3 is 1.93 bits per heavy atom. The molecule has 2 N–H and O–H groups in total. The van der Waals surface area contributed by atoms with Gasteiger partial charge in [0.25, 0.3) is 0 Å². The van der Waals surface area contributed by atoms with Gasteiger partial charge in [-0.3, -0.25) is 4.79 Å². The van der Waals surface area contributed by atoms with Crippen molar-refractivity contribution in [3.8, 4) is 0 Å². The molecule has 160 valence electrons. The SMILES string of the molecule is C\C(C=O)=C/C=C/C=C(C)/C=C/C=C(C)/C(C)=C/C1(O)C(C)(C)CCCC1(C)O. The van der Waals surface area contributed by atoms with E-state index in [2.05, 4.69) is 0 Å². The van der Waals surface area contributed by atoms with E-state index >= 15 is 0 Å². The first-order valence-electron chi connectivity index (χ1n) is 10.3. The lowest BCUT2D eigenvalue weighted by Gasteiger charge is -2.53. The first-order chi connectivity index (χ1) is 13.4. The van der Waals surface area contributed by atoms with Crippen molar-refractivity contribution in [1.29, 1.82) is 0 Å². The maximum Gasteiger partial charge on any atom is 0.145 e. The molecule has 1 rings (SSSR count). The molecule has 0 spiro atoms. The molecular weight excluding hydrogens is 360 g/mol. The second-order valence-electron chi connectivity index (χ2n) is 9.14. The zero-order valence-electron chi connectivity index (χ0n) is 19.1. The summed E-state index contributed by atoms with van der Waals surface area (Å²) < 4.78 is 0. The molecule has 0 aromatic rings. The largest absolute Gasteiger partial charge is 0.387 e. The lowest BCUT2D eigenvalue weighted by molar-refractivity contribution is -0.194. The average molecular weight is 399 g/mol. The number of aliphatic hydroxyl groups is 2. The van der Waals surface area contributed by atoms with Crippen LogP contribution < -0.4 is 0 Å². The van der Waals surface area contributed by atoms with Gasteiger partial charge in [-0.05, 0) is 82.1 Å². The third-order valence-corrected chi connectivity index (χ3v) is 6.09. The summed E-state index contributed by atoms with van der Waals surface area (Å²) in [4.78, 5) is 10.5. The van der Waals surface area contributed by atoms with E-state index < -0.39 is 16.6 Å². The molecular formula is C26H38O3. The normalized spacial score (nSPS) is 29.7. The van der Waals surface area contributed by atoms with E-state index in [-0.39, 0.29) is 0 Å². The van der Waals surface area contributed by atoms with Gasteiger partial charge in [-0.1, -0.05) is 62.0 Å². The minimum Gasteiger partial charge on any atom is -0.387 e. The van der Waals surface area contributed by atoms with Crippen molar-refractivity contribution in [1.82, 2.24) is 0 Å². The molecule has 0 saturated heterocycles. The third-order valence-electron chi connectivity index (χ3n) is 6.09. The van der Waals surface area contributed by atoms with E-state index in [1.54, 1.807) is 19.9 Å². The molecule has 1 fully saturated rings. The van der Waals surface area contributed by atoms with Crippen LogP contribution in [0.15, 0.2) is 70.9 Å². The topological polar surface area (TPSA) is 57.5 Å². The van der Waals surface area contributed by atoms with Crippen LogP contribution in [0.4, 0.5) is 0 Å². The van der Waals surface area contributed by atoms with Crippen LogP contribution >= 0.6 is 0 Å². The van der Waals surface area contributed by atoms with Crippen molar-refractivity contribution in [3.05, 3.63) is 70.9 Å². The fraction of sp³-hybridized carbons (Fsp3) is 0.500. The van der Waals surface area contributed by atoms with Crippen LogP contribution in [0.3, 0.4) is 0 Å². The molecule has 0 bridgehead atoms. The molecule has 0 radical (unpaired) electrons. The fourth-order valence-corrected chi connectivity index (χ4v) is 3.75. The quantitative estimate of drug-likeness (QED) is 0.325. The Balaban J connectivity index is 2.96.